The molecule has 9 aliphatic rings. The summed E-state index contributed by atoms with van der Waals surface area (Å²) in [5.41, 5.74) is 31.5. The van der Waals surface area contributed by atoms with E-state index in [-0.39, 0.29) is 12.2 Å². The average molecular weight is 1740 g/mol. The third-order valence-electron chi connectivity index (χ3n) is 27.0. The van der Waals surface area contributed by atoms with Gasteiger partial charge in [-0.15, -0.1) is 0 Å². The molecule has 6 atom stereocenters. The van der Waals surface area contributed by atoms with Crippen molar-refractivity contribution in [2.75, 3.05) is 92.5 Å². The van der Waals surface area contributed by atoms with Gasteiger partial charge in [-0.2, -0.15) is 0 Å². The standard InChI is InChI=1S/C16H16O.C15H16O.C15H14O.C14H14O.C13H18O.4C12H16O/c1-2-17-11-16-14-9-5-3-7-12(14)13-8-4-6-10-15(13)16;1-2-16-10-13-9-12-7-3-5-11-6-4-8-14(13)15(11)12;1-2-16-15-13-9-5-3-7-11(13)12-8-4-6-10-14(12)15;1-2-15-13-9-11-7-3-5-10-6-4-8-12(13)14(10)11;1-2-14-10-12-8-5-7-11-6-3-4-9-13(11)12;1-2-13-12-9-5-7-10-6-3-4-8-11(10)12;1-2-13-9-10-7-11-5-3-4-6-12(11)8-10;1-2-13-9-11-8-7-10-5-3-4-6-12(10)11;1-2-13-12-8-7-10-5-3-4-6-11(10)9-12/h3-10,16H,2,11H2,1H3;3-8,13H,2,9-10H2,1H3;3-10,15H,2H2,1H3;3-8,13H,2,9H2,1H3;3-4,6,9,12H,2,5,7-8,10H2,1H3;3-4,6,8,12H,2,5,7,9H2,1H3;3-6,10H,2,7-9H2,1H3;3-6,11H,2,7-9H2,1H3;3-6,12H,2,7-9H2,1H3. The van der Waals surface area contributed by atoms with E-state index in [0.717, 1.165) is 118 Å². The molecule has 0 aromatic heterocycles. The lowest BCUT2D eigenvalue weighted by atomic mass is 9.83. The molecule has 13 aromatic rings. The minimum absolute atomic E-state index is 0.123. The fourth-order valence-corrected chi connectivity index (χ4v) is 21.0. The molecule has 680 valence electrons. The average Bonchev–Trinajstić information content (AvgIpc) is 1.62. The number of ether oxygens (including phenoxy) is 9. The molecule has 0 heterocycles. The Hall–Kier alpha value is -9.98. The Morgan fingerprint density at radius 1 is 0.223 bits per heavy atom. The smallest absolute Gasteiger partial charge is 0.109 e. The lowest BCUT2D eigenvalue weighted by Gasteiger charge is -2.25. The monoisotopic (exact) mass is 1740 g/mol. The summed E-state index contributed by atoms with van der Waals surface area (Å²) in [4.78, 5) is 0. The summed E-state index contributed by atoms with van der Waals surface area (Å²) in [5, 5.41) is 5.59. The van der Waals surface area contributed by atoms with Crippen LogP contribution in [0.25, 0.3) is 43.8 Å². The second kappa shape index (κ2) is 50.6. The third kappa shape index (κ3) is 24.9. The van der Waals surface area contributed by atoms with Crippen molar-refractivity contribution in [3.63, 3.8) is 0 Å². The highest BCUT2D eigenvalue weighted by Gasteiger charge is 2.32. The maximum absolute atomic E-state index is 5.86. The zero-order chi connectivity index (χ0) is 90.0. The van der Waals surface area contributed by atoms with Crippen LogP contribution in [-0.2, 0) is 100 Å². The number of rotatable bonds is 23. The quantitative estimate of drug-likeness (QED) is 0.0622. The van der Waals surface area contributed by atoms with Crippen LogP contribution in [0.5, 0.6) is 0 Å². The number of benzene rings is 13. The molecule has 9 nitrogen and oxygen atoms in total. The van der Waals surface area contributed by atoms with Crippen LogP contribution in [0.4, 0.5) is 0 Å². The first-order valence-corrected chi connectivity index (χ1v) is 49.3. The van der Waals surface area contributed by atoms with Crippen molar-refractivity contribution in [3.05, 3.63) is 391 Å². The molecule has 0 radical (unpaired) electrons. The zero-order valence-electron chi connectivity index (χ0n) is 79.1. The number of hydrogen-bond donors (Lipinski definition) is 0. The Kier molecular flexibility index (Phi) is 37.4. The van der Waals surface area contributed by atoms with Gasteiger partial charge in [0.15, 0.2) is 0 Å². The highest BCUT2D eigenvalue weighted by Crippen LogP contribution is 2.48. The normalized spacial score (nSPS) is 17.9. The molecule has 0 aliphatic heterocycles. The molecule has 6 unspecified atom stereocenters. The van der Waals surface area contributed by atoms with Gasteiger partial charge in [0, 0.05) is 96.2 Å². The zero-order valence-corrected chi connectivity index (χ0v) is 79.1. The van der Waals surface area contributed by atoms with Gasteiger partial charge in [0.25, 0.3) is 0 Å². The summed E-state index contributed by atoms with van der Waals surface area (Å²) >= 11 is 0. The number of fused-ring (bicyclic) bond motifs is 11. The largest absolute Gasteiger partial charge is 0.381 e. The summed E-state index contributed by atoms with van der Waals surface area (Å²) < 4.78 is 50.6. The maximum Gasteiger partial charge on any atom is 0.109 e. The van der Waals surface area contributed by atoms with Gasteiger partial charge in [-0.25, -0.2) is 0 Å². The van der Waals surface area contributed by atoms with E-state index in [0.29, 0.717) is 35.9 Å². The summed E-state index contributed by atoms with van der Waals surface area (Å²) in [6, 6.07) is 104. The molecule has 9 aliphatic carbocycles. The summed E-state index contributed by atoms with van der Waals surface area (Å²) in [6.07, 6.45) is 19.3. The molecule has 0 spiro atoms. The summed E-state index contributed by atoms with van der Waals surface area (Å²) in [7, 11) is 0. The molecule has 130 heavy (non-hydrogen) atoms. The van der Waals surface area contributed by atoms with Gasteiger partial charge in [-0.3, -0.25) is 0 Å². The highest BCUT2D eigenvalue weighted by molar-refractivity contribution is 5.92. The third-order valence-corrected chi connectivity index (χ3v) is 27.0. The van der Waals surface area contributed by atoms with Gasteiger partial charge in [0.05, 0.1) is 44.7 Å². The van der Waals surface area contributed by atoms with Gasteiger partial charge < -0.3 is 42.6 Å². The molecule has 0 fully saturated rings. The number of hydrogen-bond acceptors (Lipinski definition) is 9. The molecule has 13 aromatic carbocycles. The molecule has 0 N–H and O–H groups in total. The number of aryl methyl sites for hydroxylation is 4. The van der Waals surface area contributed by atoms with Gasteiger partial charge in [-0.05, 0) is 302 Å². The molecule has 0 saturated carbocycles. The van der Waals surface area contributed by atoms with E-state index in [1.165, 1.54) is 221 Å². The minimum atomic E-state index is 0.123. The van der Waals surface area contributed by atoms with Crippen LogP contribution >= 0.6 is 0 Å². The Balaban J connectivity index is 0.000000118. The molecular weight excluding hydrogens is 1600 g/mol. The topological polar surface area (TPSA) is 83.1 Å². The van der Waals surface area contributed by atoms with E-state index >= 15 is 0 Å². The van der Waals surface area contributed by atoms with E-state index in [1.807, 2.05) is 13.8 Å². The van der Waals surface area contributed by atoms with Crippen LogP contribution in [0.15, 0.2) is 291 Å². The molecule has 0 saturated heterocycles. The first-order valence-electron chi connectivity index (χ1n) is 49.3. The van der Waals surface area contributed by atoms with Gasteiger partial charge in [-0.1, -0.05) is 291 Å². The van der Waals surface area contributed by atoms with Crippen molar-refractivity contribution in [1.82, 2.24) is 0 Å². The van der Waals surface area contributed by atoms with E-state index in [1.54, 1.807) is 0 Å². The van der Waals surface area contributed by atoms with E-state index < -0.39 is 0 Å². The predicted molar refractivity (Wildman–Crippen MR) is 539 cm³/mol. The highest BCUT2D eigenvalue weighted by atomic mass is 16.5. The van der Waals surface area contributed by atoms with Crippen molar-refractivity contribution in [2.24, 2.45) is 5.92 Å². The van der Waals surface area contributed by atoms with Crippen LogP contribution in [0, 0.1) is 5.92 Å². The van der Waals surface area contributed by atoms with Gasteiger partial charge in [0.1, 0.15) is 6.10 Å². The van der Waals surface area contributed by atoms with E-state index in [4.69, 9.17) is 42.6 Å². The van der Waals surface area contributed by atoms with Crippen LogP contribution in [0.3, 0.4) is 0 Å². The Morgan fingerprint density at radius 2 is 0.585 bits per heavy atom. The molecular formula is C121H142O9. The Labute approximate surface area is 778 Å². The van der Waals surface area contributed by atoms with Crippen LogP contribution in [0.1, 0.15) is 243 Å². The van der Waals surface area contributed by atoms with Crippen molar-refractivity contribution < 1.29 is 42.6 Å². The van der Waals surface area contributed by atoms with E-state index in [9.17, 15) is 0 Å². The van der Waals surface area contributed by atoms with Crippen molar-refractivity contribution >= 4 is 21.5 Å². The van der Waals surface area contributed by atoms with Gasteiger partial charge >= 0.3 is 0 Å². The van der Waals surface area contributed by atoms with Gasteiger partial charge in [0.2, 0.25) is 0 Å². The maximum atomic E-state index is 5.86. The predicted octanol–water partition coefficient (Wildman–Crippen LogP) is 28.6. The van der Waals surface area contributed by atoms with Crippen molar-refractivity contribution in [3.8, 4) is 22.3 Å². The van der Waals surface area contributed by atoms with Crippen LogP contribution < -0.4 is 0 Å². The fourth-order valence-electron chi connectivity index (χ4n) is 21.0. The second-order valence-corrected chi connectivity index (χ2v) is 35.2. The van der Waals surface area contributed by atoms with E-state index in [2.05, 4.69) is 340 Å². The molecule has 22 rings (SSSR count). The van der Waals surface area contributed by atoms with Crippen molar-refractivity contribution in [1.29, 1.82) is 0 Å². The summed E-state index contributed by atoms with van der Waals surface area (Å²) in [5.74, 6) is 2.97. The van der Waals surface area contributed by atoms with Crippen LogP contribution in [0.2, 0.25) is 0 Å². The SMILES string of the molecule is CCOC1CCCc2ccccc21.CCOC1CCc2ccccc2C1.CCOC1Cc2cccc3cccc1c23.CCOC1c2ccccc2-c2ccccc21.CCOCC1CCCc2ccccc21.CCOCC1CCc2ccccc21.CCOCC1Cc2cccc3cccc1c23.CCOCC1Cc2ccccc2C1.CCOCC1c2ccccc2-c2ccccc21. The molecule has 0 bridgehead atoms. The van der Waals surface area contributed by atoms with Crippen molar-refractivity contribution in [2.45, 2.75) is 207 Å². The minimum Gasteiger partial charge on any atom is -0.381 e. The lowest BCUT2D eigenvalue weighted by Crippen LogP contribution is -2.22. The first-order chi connectivity index (χ1) is 64.2. The summed E-state index contributed by atoms with van der Waals surface area (Å²) in [6.45, 7) is 30.2. The molecule has 0 amide bonds. The Morgan fingerprint density at radius 3 is 1.12 bits per heavy atom. The Bertz CT molecular complexity index is 5500. The first kappa shape index (κ1) is 96.1. The van der Waals surface area contributed by atoms with Crippen LogP contribution in [-0.4, -0.2) is 98.6 Å². The molecule has 9 heteroatoms. The second-order valence-electron chi connectivity index (χ2n) is 35.2. The fraction of sp³-hybridized carbons (Fsp3) is 0.388. The lowest BCUT2D eigenvalue weighted by molar-refractivity contribution is 0.0500.